The summed E-state index contributed by atoms with van der Waals surface area (Å²) in [5.41, 5.74) is 0. The van der Waals surface area contributed by atoms with Gasteiger partial charge in [0.1, 0.15) is 0 Å². The van der Waals surface area contributed by atoms with E-state index in [2.05, 4.69) is 12.0 Å². The van der Waals surface area contributed by atoms with Crippen molar-refractivity contribution in [2.45, 2.75) is 0 Å². The van der Waals surface area contributed by atoms with Crippen LogP contribution in [0.15, 0.2) is 17.4 Å². The Hall–Kier alpha value is -0.630. The van der Waals surface area contributed by atoms with E-state index in [0.717, 1.165) is 4.90 Å². The zero-order chi connectivity index (χ0) is 4.41. The molecule has 0 spiro atoms. The molecule has 1 N–H and O–H groups in total. The summed E-state index contributed by atoms with van der Waals surface area (Å²) in [7, 11) is 3.62. The maximum atomic E-state index is 3.76. The van der Waals surface area contributed by atoms with Crippen LogP contribution in [0.1, 0.15) is 0 Å². The molecule has 0 aromatic heterocycles. The third kappa shape index (κ3) is 0.466. The monoisotopic (exact) mass is 82.1 g/mol. The van der Waals surface area contributed by atoms with Crippen LogP contribution in [0.25, 0.3) is 0 Å². The zero-order valence-electron chi connectivity index (χ0n) is 3.39. The van der Waals surface area contributed by atoms with Gasteiger partial charge in [0.25, 0.3) is 0 Å². The molecule has 2 nitrogen and oxygen atoms in total. The van der Waals surface area contributed by atoms with E-state index in [4.69, 9.17) is 0 Å². The first kappa shape index (κ1) is 3.56. The molecule has 0 fully saturated rings. The molecule has 0 radical (unpaired) electrons. The SMILES string of the molecule is [CH2-][NH+]1C=CN=C1. The van der Waals surface area contributed by atoms with E-state index in [1.54, 1.807) is 12.5 Å². The fourth-order valence-electron chi connectivity index (χ4n) is 0.321. The molecular formula is C4H6N2. The van der Waals surface area contributed by atoms with Crippen molar-refractivity contribution in [2.24, 2.45) is 4.99 Å². The second kappa shape index (κ2) is 1.22. The first-order valence-corrected chi connectivity index (χ1v) is 1.78. The molecule has 1 unspecified atom stereocenters. The highest BCUT2D eigenvalue weighted by Gasteiger charge is 1.84. The highest BCUT2D eigenvalue weighted by molar-refractivity contribution is 5.47. The van der Waals surface area contributed by atoms with Crippen LogP contribution in [0, 0.1) is 7.05 Å². The number of nitrogens with zero attached hydrogens (tertiary/aromatic N) is 1. The third-order valence-corrected chi connectivity index (χ3v) is 0.615. The highest BCUT2D eigenvalue weighted by atomic mass is 15.1. The summed E-state index contributed by atoms with van der Waals surface area (Å²) in [6, 6.07) is 0. The molecule has 0 bridgehead atoms. The van der Waals surface area contributed by atoms with Gasteiger partial charge in [0, 0.05) is 0 Å². The van der Waals surface area contributed by atoms with E-state index < -0.39 is 0 Å². The quantitative estimate of drug-likeness (QED) is 0.368. The van der Waals surface area contributed by atoms with Crippen molar-refractivity contribution in [2.75, 3.05) is 0 Å². The van der Waals surface area contributed by atoms with Crippen LogP contribution in [-0.2, 0) is 0 Å². The lowest BCUT2D eigenvalue weighted by Gasteiger charge is -1.98. The van der Waals surface area contributed by atoms with Crippen molar-refractivity contribution < 1.29 is 4.90 Å². The number of nitrogens with one attached hydrogen (secondary N) is 1. The molecule has 1 rings (SSSR count). The molecule has 32 valence electrons. The van der Waals surface area contributed by atoms with E-state index in [9.17, 15) is 0 Å². The molecule has 1 atom stereocenters. The smallest absolute Gasteiger partial charge is 0.166 e. The molecule has 1 aliphatic heterocycles. The van der Waals surface area contributed by atoms with Gasteiger partial charge in [-0.2, -0.15) is 0 Å². The second-order valence-corrected chi connectivity index (χ2v) is 1.17. The largest absolute Gasteiger partial charge is 0.397 e. The fraction of sp³-hybridized carbons (Fsp3) is 0. The van der Waals surface area contributed by atoms with Gasteiger partial charge in [-0.3, -0.25) is 0 Å². The highest BCUT2D eigenvalue weighted by Crippen LogP contribution is 1.66. The van der Waals surface area contributed by atoms with Crippen molar-refractivity contribution in [3.8, 4) is 0 Å². The molecule has 6 heavy (non-hydrogen) atoms. The van der Waals surface area contributed by atoms with Gasteiger partial charge in [0.05, 0.1) is 12.4 Å². The Kier molecular flexibility index (Phi) is 0.725. The number of quaternary nitrogens is 1. The Morgan fingerprint density at radius 1 is 1.67 bits per heavy atom. The van der Waals surface area contributed by atoms with Gasteiger partial charge in [-0.1, -0.05) is 0 Å². The second-order valence-electron chi connectivity index (χ2n) is 1.17. The fourth-order valence-corrected chi connectivity index (χ4v) is 0.321. The standard InChI is InChI=1S/C4H6N2/c1-6-3-2-5-4-6/h2-4,6H,1H2. The van der Waals surface area contributed by atoms with Crippen molar-refractivity contribution in [3.05, 3.63) is 19.4 Å². The van der Waals surface area contributed by atoms with E-state index in [-0.39, 0.29) is 0 Å². The first-order chi connectivity index (χ1) is 2.89. The van der Waals surface area contributed by atoms with Crippen LogP contribution in [0.4, 0.5) is 0 Å². The van der Waals surface area contributed by atoms with Crippen LogP contribution < -0.4 is 4.90 Å². The van der Waals surface area contributed by atoms with Gasteiger partial charge >= 0.3 is 0 Å². The molecule has 2 heteroatoms. The Balaban J connectivity index is 2.60. The summed E-state index contributed by atoms with van der Waals surface area (Å²) < 4.78 is 0. The molecule has 1 aliphatic rings. The molecule has 0 aromatic carbocycles. The van der Waals surface area contributed by atoms with E-state index in [1.165, 1.54) is 0 Å². The van der Waals surface area contributed by atoms with Crippen LogP contribution in [0.2, 0.25) is 0 Å². The molecule has 0 aliphatic carbocycles. The maximum absolute atomic E-state index is 3.76. The van der Waals surface area contributed by atoms with Crippen LogP contribution >= 0.6 is 0 Å². The summed E-state index contributed by atoms with van der Waals surface area (Å²) in [5, 5.41) is 0. The first-order valence-electron chi connectivity index (χ1n) is 1.78. The van der Waals surface area contributed by atoms with Gasteiger partial charge in [0.2, 0.25) is 0 Å². The Morgan fingerprint density at radius 3 is 2.67 bits per heavy atom. The van der Waals surface area contributed by atoms with Gasteiger partial charge in [-0.25, -0.2) is 4.99 Å². The van der Waals surface area contributed by atoms with Crippen molar-refractivity contribution >= 4 is 6.34 Å². The normalized spacial score (nSPS) is 29.2. The number of hydrogen-bond acceptors (Lipinski definition) is 1. The van der Waals surface area contributed by atoms with Gasteiger partial charge < -0.3 is 4.90 Å². The Labute approximate surface area is 36.8 Å². The summed E-state index contributed by atoms with van der Waals surface area (Å²) in [6.07, 6.45) is 5.31. The minimum Gasteiger partial charge on any atom is -0.397 e. The van der Waals surface area contributed by atoms with Crippen LogP contribution in [0.5, 0.6) is 0 Å². The van der Waals surface area contributed by atoms with Crippen LogP contribution in [0.3, 0.4) is 0 Å². The van der Waals surface area contributed by atoms with Crippen molar-refractivity contribution in [1.82, 2.24) is 0 Å². The average molecular weight is 82.1 g/mol. The molecule has 0 saturated heterocycles. The number of aliphatic imine (C=N–C) groups is 1. The lowest BCUT2D eigenvalue weighted by Crippen LogP contribution is -2.99. The molecule has 0 amide bonds. The summed E-state index contributed by atoms with van der Waals surface area (Å²) >= 11 is 0. The average Bonchev–Trinajstić information content (AvgIpc) is 1.86. The summed E-state index contributed by atoms with van der Waals surface area (Å²) in [4.78, 5) is 4.74. The molecular weight excluding hydrogens is 76.1 g/mol. The van der Waals surface area contributed by atoms with Gasteiger partial charge in [-0.05, 0) is 0 Å². The van der Waals surface area contributed by atoms with Crippen molar-refractivity contribution in [1.29, 1.82) is 0 Å². The van der Waals surface area contributed by atoms with Crippen molar-refractivity contribution in [3.63, 3.8) is 0 Å². The molecule has 0 aromatic rings. The predicted molar refractivity (Wildman–Crippen MR) is 24.0 cm³/mol. The number of rotatable bonds is 0. The molecule has 1 heterocycles. The Morgan fingerprint density at radius 2 is 2.50 bits per heavy atom. The van der Waals surface area contributed by atoms with E-state index >= 15 is 0 Å². The minimum absolute atomic E-state index is 0.981. The maximum Gasteiger partial charge on any atom is 0.166 e. The summed E-state index contributed by atoms with van der Waals surface area (Å²) in [5.74, 6) is 0. The van der Waals surface area contributed by atoms with Crippen LogP contribution in [-0.4, -0.2) is 6.34 Å². The number of hydrogen-bond donors (Lipinski definition) is 1. The lowest BCUT2D eigenvalue weighted by atomic mass is 10.9. The lowest BCUT2D eigenvalue weighted by molar-refractivity contribution is -0.679. The Bertz CT molecular complexity index is 81.7. The minimum atomic E-state index is 0.981. The third-order valence-electron chi connectivity index (χ3n) is 0.615. The predicted octanol–water partition coefficient (Wildman–Crippen LogP) is -0.824. The van der Waals surface area contributed by atoms with Gasteiger partial charge in [-0.15, -0.1) is 7.05 Å². The topological polar surface area (TPSA) is 16.8 Å². The van der Waals surface area contributed by atoms with E-state index in [0.29, 0.717) is 0 Å². The zero-order valence-corrected chi connectivity index (χ0v) is 3.39. The van der Waals surface area contributed by atoms with Gasteiger partial charge in [0.15, 0.2) is 6.34 Å². The summed E-state index contributed by atoms with van der Waals surface area (Å²) in [6.45, 7) is 0. The molecule has 0 saturated carbocycles. The van der Waals surface area contributed by atoms with E-state index in [1.807, 2.05) is 6.20 Å².